The van der Waals surface area contributed by atoms with Crippen molar-refractivity contribution in [3.05, 3.63) is 0 Å². The van der Waals surface area contributed by atoms with Gasteiger partial charge in [0.25, 0.3) is 0 Å². The third-order valence-corrected chi connectivity index (χ3v) is 1.67. The summed E-state index contributed by atoms with van der Waals surface area (Å²) in [5.41, 5.74) is 5.56. The van der Waals surface area contributed by atoms with E-state index in [-0.39, 0.29) is 18.5 Å². The van der Waals surface area contributed by atoms with Crippen LogP contribution in [0.2, 0.25) is 0 Å². The van der Waals surface area contributed by atoms with Gasteiger partial charge in [-0.05, 0) is 12.8 Å². The van der Waals surface area contributed by atoms with Crippen LogP contribution in [0.1, 0.15) is 20.8 Å². The lowest BCUT2D eigenvalue weighted by Gasteiger charge is -2.14. The van der Waals surface area contributed by atoms with Crippen LogP contribution in [0.25, 0.3) is 0 Å². The highest BCUT2D eigenvalue weighted by Crippen LogP contribution is 1.99. The fraction of sp³-hybridized carbons (Fsp3) is 0.889. The molecule has 0 aliphatic rings. The van der Waals surface area contributed by atoms with Gasteiger partial charge in [0.05, 0.1) is 6.61 Å². The molecule has 0 aliphatic carbocycles. The average Bonchev–Trinajstić information content (AvgIpc) is 2.10. The second-order valence-electron chi connectivity index (χ2n) is 3.13. The van der Waals surface area contributed by atoms with Crippen molar-refractivity contribution in [1.29, 1.82) is 0 Å². The SMILES string of the molecule is CCOCCOC(=O)C(N)C(C)C. The van der Waals surface area contributed by atoms with Gasteiger partial charge in [-0.25, -0.2) is 0 Å². The molecule has 0 aromatic rings. The highest BCUT2D eigenvalue weighted by Gasteiger charge is 2.18. The van der Waals surface area contributed by atoms with E-state index in [1.165, 1.54) is 0 Å². The lowest BCUT2D eigenvalue weighted by Crippen LogP contribution is -2.37. The average molecular weight is 189 g/mol. The summed E-state index contributed by atoms with van der Waals surface area (Å²) in [6.07, 6.45) is 0. The van der Waals surface area contributed by atoms with E-state index in [9.17, 15) is 4.79 Å². The topological polar surface area (TPSA) is 61.5 Å². The van der Waals surface area contributed by atoms with Crippen LogP contribution >= 0.6 is 0 Å². The minimum atomic E-state index is -0.526. The summed E-state index contributed by atoms with van der Waals surface area (Å²) in [4.78, 5) is 11.1. The highest BCUT2D eigenvalue weighted by atomic mass is 16.6. The van der Waals surface area contributed by atoms with Crippen LogP contribution in [0.3, 0.4) is 0 Å². The first-order valence-electron chi connectivity index (χ1n) is 4.59. The quantitative estimate of drug-likeness (QED) is 0.489. The second kappa shape index (κ2) is 6.86. The first kappa shape index (κ1) is 12.4. The zero-order chi connectivity index (χ0) is 10.3. The maximum atomic E-state index is 11.1. The molecule has 0 bridgehead atoms. The van der Waals surface area contributed by atoms with Crippen LogP contribution in [0.4, 0.5) is 0 Å². The summed E-state index contributed by atoms with van der Waals surface area (Å²) < 4.78 is 9.88. The lowest BCUT2D eigenvalue weighted by atomic mass is 10.1. The van der Waals surface area contributed by atoms with E-state index in [0.29, 0.717) is 13.2 Å². The lowest BCUT2D eigenvalue weighted by molar-refractivity contribution is -0.147. The van der Waals surface area contributed by atoms with E-state index in [1.807, 2.05) is 20.8 Å². The minimum absolute atomic E-state index is 0.111. The molecule has 4 nitrogen and oxygen atoms in total. The summed E-state index contributed by atoms with van der Waals surface area (Å²) in [6, 6.07) is -0.526. The molecular weight excluding hydrogens is 170 g/mol. The maximum Gasteiger partial charge on any atom is 0.323 e. The molecule has 0 amide bonds. The Kier molecular flexibility index (Phi) is 6.54. The Morgan fingerprint density at radius 2 is 2.00 bits per heavy atom. The molecule has 2 N–H and O–H groups in total. The second-order valence-corrected chi connectivity index (χ2v) is 3.13. The molecular formula is C9H19NO3. The van der Waals surface area contributed by atoms with Crippen molar-refractivity contribution in [2.45, 2.75) is 26.8 Å². The van der Waals surface area contributed by atoms with Crippen molar-refractivity contribution in [1.82, 2.24) is 0 Å². The van der Waals surface area contributed by atoms with E-state index in [4.69, 9.17) is 15.2 Å². The number of rotatable bonds is 6. The van der Waals surface area contributed by atoms with Gasteiger partial charge >= 0.3 is 5.97 Å². The van der Waals surface area contributed by atoms with Gasteiger partial charge < -0.3 is 15.2 Å². The molecule has 0 aromatic carbocycles. The number of ether oxygens (including phenoxy) is 2. The van der Waals surface area contributed by atoms with Gasteiger partial charge in [-0.2, -0.15) is 0 Å². The molecule has 0 radical (unpaired) electrons. The number of carbonyl (C=O) groups excluding carboxylic acids is 1. The highest BCUT2D eigenvalue weighted by molar-refractivity contribution is 5.75. The van der Waals surface area contributed by atoms with Crippen molar-refractivity contribution in [2.24, 2.45) is 11.7 Å². The van der Waals surface area contributed by atoms with Gasteiger partial charge in [0.1, 0.15) is 12.6 Å². The fourth-order valence-electron chi connectivity index (χ4n) is 0.714. The molecule has 0 rings (SSSR count). The first-order valence-corrected chi connectivity index (χ1v) is 4.59. The van der Waals surface area contributed by atoms with Crippen molar-refractivity contribution in [3.8, 4) is 0 Å². The van der Waals surface area contributed by atoms with Gasteiger partial charge in [-0.3, -0.25) is 4.79 Å². The summed E-state index contributed by atoms with van der Waals surface area (Å²) in [5, 5.41) is 0. The molecule has 0 saturated heterocycles. The number of hydrogen-bond acceptors (Lipinski definition) is 4. The molecule has 4 heteroatoms. The number of nitrogens with two attached hydrogens (primary N) is 1. The number of hydrogen-bond donors (Lipinski definition) is 1. The summed E-state index contributed by atoms with van der Waals surface area (Å²) in [6.45, 7) is 7.01. The predicted octanol–water partition coefficient (Wildman–Crippen LogP) is 0.549. The molecule has 1 unspecified atom stereocenters. The Balaban J connectivity index is 3.50. The molecule has 0 saturated carbocycles. The standard InChI is InChI=1S/C9H19NO3/c1-4-12-5-6-13-9(11)8(10)7(2)3/h7-8H,4-6,10H2,1-3H3. The predicted molar refractivity (Wildman–Crippen MR) is 50.3 cm³/mol. The van der Waals surface area contributed by atoms with Crippen LogP contribution in [0.15, 0.2) is 0 Å². The van der Waals surface area contributed by atoms with Gasteiger partial charge in [0.2, 0.25) is 0 Å². The Labute approximate surface area is 79.4 Å². The van der Waals surface area contributed by atoms with E-state index >= 15 is 0 Å². The van der Waals surface area contributed by atoms with Crippen LogP contribution in [-0.2, 0) is 14.3 Å². The molecule has 1 atom stereocenters. The molecule has 13 heavy (non-hydrogen) atoms. The van der Waals surface area contributed by atoms with Gasteiger partial charge in [-0.15, -0.1) is 0 Å². The Morgan fingerprint density at radius 3 is 2.46 bits per heavy atom. The monoisotopic (exact) mass is 189 g/mol. The van der Waals surface area contributed by atoms with Crippen LogP contribution in [0, 0.1) is 5.92 Å². The van der Waals surface area contributed by atoms with Crippen LogP contribution in [0.5, 0.6) is 0 Å². The number of esters is 1. The molecule has 78 valence electrons. The van der Waals surface area contributed by atoms with Crippen molar-refractivity contribution >= 4 is 5.97 Å². The zero-order valence-corrected chi connectivity index (χ0v) is 8.58. The van der Waals surface area contributed by atoms with Crippen molar-refractivity contribution in [3.63, 3.8) is 0 Å². The summed E-state index contributed by atoms with van der Waals surface area (Å²) in [7, 11) is 0. The Bertz CT molecular complexity index is 148. The van der Waals surface area contributed by atoms with E-state index in [0.717, 1.165) is 0 Å². The van der Waals surface area contributed by atoms with Gasteiger partial charge in [0, 0.05) is 6.61 Å². The minimum Gasteiger partial charge on any atom is -0.462 e. The van der Waals surface area contributed by atoms with Crippen molar-refractivity contribution in [2.75, 3.05) is 19.8 Å². The molecule has 0 spiro atoms. The molecule has 0 heterocycles. The maximum absolute atomic E-state index is 11.1. The van der Waals surface area contributed by atoms with E-state index in [2.05, 4.69) is 0 Å². The summed E-state index contributed by atoms with van der Waals surface area (Å²) in [5.74, 6) is -0.241. The smallest absolute Gasteiger partial charge is 0.323 e. The zero-order valence-electron chi connectivity index (χ0n) is 8.58. The number of carbonyl (C=O) groups is 1. The molecule has 0 fully saturated rings. The fourth-order valence-corrected chi connectivity index (χ4v) is 0.714. The normalized spacial score (nSPS) is 13.0. The first-order chi connectivity index (χ1) is 6.09. The molecule has 0 aliphatic heterocycles. The Morgan fingerprint density at radius 1 is 1.38 bits per heavy atom. The third-order valence-electron chi connectivity index (χ3n) is 1.67. The van der Waals surface area contributed by atoms with Crippen LogP contribution in [-0.4, -0.2) is 31.8 Å². The third kappa shape index (κ3) is 5.60. The van der Waals surface area contributed by atoms with Gasteiger partial charge in [0.15, 0.2) is 0 Å². The van der Waals surface area contributed by atoms with Crippen molar-refractivity contribution < 1.29 is 14.3 Å². The van der Waals surface area contributed by atoms with E-state index < -0.39 is 6.04 Å². The van der Waals surface area contributed by atoms with Crippen LogP contribution < -0.4 is 5.73 Å². The Hall–Kier alpha value is -0.610. The largest absolute Gasteiger partial charge is 0.462 e. The molecule has 0 aromatic heterocycles. The van der Waals surface area contributed by atoms with Gasteiger partial charge in [-0.1, -0.05) is 13.8 Å². The summed E-state index contributed by atoms with van der Waals surface area (Å²) >= 11 is 0. The van der Waals surface area contributed by atoms with E-state index in [1.54, 1.807) is 0 Å².